The number of aryl methyl sites for hydroxylation is 1. The maximum absolute atomic E-state index is 11.7. The van der Waals surface area contributed by atoms with Gasteiger partial charge < -0.3 is 9.84 Å². The predicted octanol–water partition coefficient (Wildman–Crippen LogP) is 1.64. The van der Waals surface area contributed by atoms with E-state index in [4.69, 9.17) is 4.74 Å². The Balaban J connectivity index is 2.00. The summed E-state index contributed by atoms with van der Waals surface area (Å²) in [4.78, 5) is 11.7. The van der Waals surface area contributed by atoms with E-state index in [-0.39, 0.29) is 17.8 Å². The van der Waals surface area contributed by atoms with Crippen LogP contribution in [0, 0.1) is 5.92 Å². The van der Waals surface area contributed by atoms with Gasteiger partial charge in [-0.15, -0.1) is 0 Å². The minimum absolute atomic E-state index is 0.0695. The Morgan fingerprint density at radius 1 is 1.47 bits per heavy atom. The molecule has 2 aliphatic rings. The first-order valence-corrected chi connectivity index (χ1v) is 6.04. The zero-order valence-corrected chi connectivity index (χ0v) is 9.85. The lowest BCUT2D eigenvalue weighted by Gasteiger charge is -2.53. The molecule has 0 unspecified atom stereocenters. The third-order valence-electron chi connectivity index (χ3n) is 4.28. The molecule has 90 valence electrons. The van der Waals surface area contributed by atoms with Crippen molar-refractivity contribution in [3.05, 3.63) is 35.4 Å². The fraction of sp³-hybridized carbons (Fsp3) is 0.500. The molecule has 1 aromatic rings. The molecule has 0 saturated heterocycles. The molecule has 0 amide bonds. The third kappa shape index (κ3) is 1.42. The number of benzene rings is 1. The van der Waals surface area contributed by atoms with Crippen molar-refractivity contribution in [1.82, 2.24) is 0 Å². The smallest absolute Gasteiger partial charge is 0.309 e. The summed E-state index contributed by atoms with van der Waals surface area (Å²) < 4.78 is 4.81. The van der Waals surface area contributed by atoms with Gasteiger partial charge in [0.15, 0.2) is 0 Å². The number of methoxy groups -OCH3 is 1. The van der Waals surface area contributed by atoms with Gasteiger partial charge in [-0.05, 0) is 30.4 Å². The number of aliphatic hydroxyl groups is 1. The minimum atomic E-state index is -0.687. The van der Waals surface area contributed by atoms with Gasteiger partial charge in [-0.1, -0.05) is 24.3 Å². The van der Waals surface area contributed by atoms with E-state index in [0.717, 1.165) is 18.4 Å². The van der Waals surface area contributed by atoms with Crippen LogP contribution in [-0.2, 0) is 16.0 Å². The molecule has 3 atom stereocenters. The normalized spacial score (nSPS) is 34.2. The molecular weight excluding hydrogens is 216 g/mol. The molecule has 0 radical (unpaired) electrons. The van der Waals surface area contributed by atoms with Gasteiger partial charge in [0.25, 0.3) is 0 Å². The monoisotopic (exact) mass is 232 g/mol. The third-order valence-corrected chi connectivity index (χ3v) is 4.28. The highest BCUT2D eigenvalue weighted by Crippen LogP contribution is 2.56. The Bertz CT molecular complexity index is 468. The van der Waals surface area contributed by atoms with Crippen molar-refractivity contribution in [3.8, 4) is 0 Å². The molecule has 0 bridgehead atoms. The van der Waals surface area contributed by atoms with Crippen LogP contribution >= 0.6 is 0 Å². The Hall–Kier alpha value is -1.35. The van der Waals surface area contributed by atoms with E-state index in [1.54, 1.807) is 0 Å². The van der Waals surface area contributed by atoms with Crippen molar-refractivity contribution in [3.63, 3.8) is 0 Å². The lowest BCUT2D eigenvalue weighted by atomic mass is 9.53. The molecule has 17 heavy (non-hydrogen) atoms. The molecule has 3 rings (SSSR count). The average molecular weight is 232 g/mol. The van der Waals surface area contributed by atoms with Crippen molar-refractivity contribution >= 4 is 5.97 Å². The van der Waals surface area contributed by atoms with Crippen LogP contribution in [0.25, 0.3) is 0 Å². The van der Waals surface area contributed by atoms with Crippen molar-refractivity contribution in [1.29, 1.82) is 0 Å². The van der Waals surface area contributed by atoms with Crippen molar-refractivity contribution in [2.24, 2.45) is 5.92 Å². The maximum Gasteiger partial charge on any atom is 0.309 e. The number of esters is 1. The van der Waals surface area contributed by atoms with Gasteiger partial charge in [-0.2, -0.15) is 0 Å². The first-order valence-electron chi connectivity index (χ1n) is 6.04. The Kier molecular flexibility index (Phi) is 2.26. The lowest BCUT2D eigenvalue weighted by Crippen LogP contribution is -2.57. The minimum Gasteiger partial charge on any atom is -0.469 e. The molecule has 3 nitrogen and oxygen atoms in total. The zero-order chi connectivity index (χ0) is 12.0. The molecular formula is C14H16O3. The van der Waals surface area contributed by atoms with Crippen LogP contribution < -0.4 is 0 Å². The standard InChI is InChI=1S/C14H16O3/c1-17-13(15)11-8-14(16)7-6-9-4-2-3-5-10(9)12(11)14/h2-5,11-12,16H,6-8H2,1H3/t11-,12+,14+/m1/s1. The van der Waals surface area contributed by atoms with Crippen LogP contribution in [0.4, 0.5) is 0 Å². The molecule has 3 heteroatoms. The molecule has 1 aromatic carbocycles. The van der Waals surface area contributed by atoms with Crippen LogP contribution in [0.1, 0.15) is 29.9 Å². The van der Waals surface area contributed by atoms with Crippen LogP contribution in [0.15, 0.2) is 24.3 Å². The van der Waals surface area contributed by atoms with Crippen LogP contribution in [-0.4, -0.2) is 23.8 Å². The molecule has 1 fully saturated rings. The number of carbonyl (C=O) groups is 1. The van der Waals surface area contributed by atoms with Crippen molar-refractivity contribution in [2.75, 3.05) is 7.11 Å². The van der Waals surface area contributed by atoms with Crippen LogP contribution in [0.2, 0.25) is 0 Å². The SMILES string of the molecule is COC(=O)[C@@H]1C[C@@]2(O)CCc3ccccc3[C@@H]12. The molecule has 1 N–H and O–H groups in total. The summed E-state index contributed by atoms with van der Waals surface area (Å²) in [6, 6.07) is 8.09. The number of carbonyl (C=O) groups excluding carboxylic acids is 1. The average Bonchev–Trinajstić information content (AvgIpc) is 2.33. The first kappa shape index (κ1) is 10.8. The predicted molar refractivity (Wildman–Crippen MR) is 62.6 cm³/mol. The molecule has 0 spiro atoms. The van der Waals surface area contributed by atoms with Gasteiger partial charge in [-0.25, -0.2) is 0 Å². The molecule has 0 aromatic heterocycles. The number of hydrogen-bond donors (Lipinski definition) is 1. The largest absolute Gasteiger partial charge is 0.469 e. The van der Waals surface area contributed by atoms with Gasteiger partial charge in [0.1, 0.15) is 0 Å². The summed E-state index contributed by atoms with van der Waals surface area (Å²) in [5.74, 6) is -0.442. The van der Waals surface area contributed by atoms with E-state index in [1.165, 1.54) is 12.7 Å². The van der Waals surface area contributed by atoms with Crippen LogP contribution in [0.5, 0.6) is 0 Å². The highest BCUT2D eigenvalue weighted by Gasteiger charge is 2.58. The highest BCUT2D eigenvalue weighted by atomic mass is 16.5. The number of fused-ring (bicyclic) bond motifs is 3. The fourth-order valence-electron chi connectivity index (χ4n) is 3.39. The Labute approximate surface area is 100 Å². The van der Waals surface area contributed by atoms with Crippen molar-refractivity contribution < 1.29 is 14.6 Å². The Morgan fingerprint density at radius 3 is 3.00 bits per heavy atom. The lowest BCUT2D eigenvalue weighted by molar-refractivity contribution is -0.170. The zero-order valence-electron chi connectivity index (χ0n) is 9.85. The summed E-state index contributed by atoms with van der Waals surface area (Å²) in [7, 11) is 1.41. The Morgan fingerprint density at radius 2 is 2.24 bits per heavy atom. The molecule has 0 aliphatic heterocycles. The van der Waals surface area contributed by atoms with E-state index in [9.17, 15) is 9.90 Å². The molecule has 0 heterocycles. The fourth-order valence-corrected chi connectivity index (χ4v) is 3.39. The topological polar surface area (TPSA) is 46.5 Å². The summed E-state index contributed by atoms with van der Waals surface area (Å²) >= 11 is 0. The number of rotatable bonds is 1. The molecule has 2 aliphatic carbocycles. The number of hydrogen-bond acceptors (Lipinski definition) is 3. The summed E-state index contributed by atoms with van der Waals surface area (Å²) in [6.45, 7) is 0. The summed E-state index contributed by atoms with van der Waals surface area (Å²) in [5.41, 5.74) is 1.70. The van der Waals surface area contributed by atoms with Gasteiger partial charge in [0.05, 0.1) is 18.6 Å². The van der Waals surface area contributed by atoms with Crippen molar-refractivity contribution in [2.45, 2.75) is 30.8 Å². The summed E-state index contributed by atoms with van der Waals surface area (Å²) in [5, 5.41) is 10.5. The second-order valence-corrected chi connectivity index (χ2v) is 5.11. The first-order chi connectivity index (χ1) is 8.15. The quantitative estimate of drug-likeness (QED) is 0.749. The van der Waals surface area contributed by atoms with Gasteiger partial charge in [-0.3, -0.25) is 4.79 Å². The second-order valence-electron chi connectivity index (χ2n) is 5.11. The van der Waals surface area contributed by atoms with E-state index in [0.29, 0.717) is 6.42 Å². The van der Waals surface area contributed by atoms with Crippen LogP contribution in [0.3, 0.4) is 0 Å². The summed E-state index contributed by atoms with van der Waals surface area (Å²) in [6.07, 6.45) is 2.19. The van der Waals surface area contributed by atoms with Gasteiger partial charge in [0, 0.05) is 5.92 Å². The maximum atomic E-state index is 11.7. The van der Waals surface area contributed by atoms with E-state index in [2.05, 4.69) is 6.07 Å². The van der Waals surface area contributed by atoms with E-state index in [1.807, 2.05) is 18.2 Å². The number of ether oxygens (including phenoxy) is 1. The van der Waals surface area contributed by atoms with E-state index >= 15 is 0 Å². The molecule has 1 saturated carbocycles. The van der Waals surface area contributed by atoms with E-state index < -0.39 is 5.60 Å². The van der Waals surface area contributed by atoms with Gasteiger partial charge >= 0.3 is 5.97 Å². The highest BCUT2D eigenvalue weighted by molar-refractivity contribution is 5.76. The second kappa shape index (κ2) is 3.57. The van der Waals surface area contributed by atoms with Gasteiger partial charge in [0.2, 0.25) is 0 Å².